The van der Waals surface area contributed by atoms with Crippen LogP contribution < -0.4 is 0 Å². The van der Waals surface area contributed by atoms with E-state index in [0.29, 0.717) is 19.3 Å². The van der Waals surface area contributed by atoms with Crippen LogP contribution in [0.2, 0.25) is 0 Å². The van der Waals surface area contributed by atoms with Gasteiger partial charge in [-0.3, -0.25) is 14.4 Å². The topological polar surface area (TPSA) is 78.9 Å². The summed E-state index contributed by atoms with van der Waals surface area (Å²) in [7, 11) is 0. The molecule has 0 N–H and O–H groups in total. The summed E-state index contributed by atoms with van der Waals surface area (Å²) in [5.74, 6) is -0.854. The highest BCUT2D eigenvalue weighted by molar-refractivity contribution is 5.71. The third kappa shape index (κ3) is 60.2. The van der Waals surface area contributed by atoms with E-state index in [4.69, 9.17) is 14.2 Å². The predicted molar refractivity (Wildman–Crippen MR) is 321 cm³/mol. The van der Waals surface area contributed by atoms with Crippen LogP contribution in [-0.4, -0.2) is 37.2 Å². The molecule has 0 aliphatic heterocycles. The van der Waals surface area contributed by atoms with Crippen LogP contribution in [0.4, 0.5) is 0 Å². The van der Waals surface area contributed by atoms with E-state index in [1.807, 2.05) is 0 Å². The first-order valence-electron chi connectivity index (χ1n) is 32.6. The van der Waals surface area contributed by atoms with Crippen molar-refractivity contribution in [1.29, 1.82) is 0 Å². The number of carbonyl (C=O) groups is 3. The molecule has 432 valence electrons. The molecule has 1 unspecified atom stereocenters. The SMILES string of the molecule is CC/C=C\C/C=C\C/C=C\C/C=C\CCCCCCCCCCCCCCCCCCCCCCCCC(=O)OCC(COC(=O)CCCCCCCC)OC(=O)CCCCCCCCCCCCCCCCC. The van der Waals surface area contributed by atoms with E-state index in [9.17, 15) is 14.4 Å². The maximum absolute atomic E-state index is 12.8. The molecule has 0 heterocycles. The van der Waals surface area contributed by atoms with Crippen molar-refractivity contribution in [2.24, 2.45) is 0 Å². The van der Waals surface area contributed by atoms with Gasteiger partial charge in [0, 0.05) is 19.3 Å². The highest BCUT2D eigenvalue weighted by Gasteiger charge is 2.19. The van der Waals surface area contributed by atoms with Crippen molar-refractivity contribution in [3.05, 3.63) is 48.6 Å². The minimum atomic E-state index is -0.764. The van der Waals surface area contributed by atoms with E-state index in [1.165, 1.54) is 225 Å². The Bertz CT molecular complexity index is 1280. The summed E-state index contributed by atoms with van der Waals surface area (Å²) >= 11 is 0. The molecule has 0 spiro atoms. The monoisotopic (exact) mass is 1040 g/mol. The van der Waals surface area contributed by atoms with Crippen molar-refractivity contribution in [1.82, 2.24) is 0 Å². The average Bonchev–Trinajstić information content (AvgIpc) is 3.40. The Morgan fingerprint density at radius 3 is 0.824 bits per heavy atom. The van der Waals surface area contributed by atoms with Crippen molar-refractivity contribution < 1.29 is 28.6 Å². The van der Waals surface area contributed by atoms with Crippen LogP contribution in [-0.2, 0) is 28.6 Å². The largest absolute Gasteiger partial charge is 0.462 e. The van der Waals surface area contributed by atoms with Crippen LogP contribution in [0.25, 0.3) is 0 Å². The lowest BCUT2D eigenvalue weighted by molar-refractivity contribution is -0.167. The minimum absolute atomic E-state index is 0.0659. The van der Waals surface area contributed by atoms with E-state index >= 15 is 0 Å². The fourth-order valence-corrected chi connectivity index (χ4v) is 9.73. The Hall–Kier alpha value is -2.63. The standard InChI is InChI=1S/C68H124O6/c1-4-7-10-13-16-18-20-22-24-25-26-27-28-29-30-31-32-33-34-35-36-37-38-39-40-41-42-43-45-46-48-50-52-55-58-61-67(70)73-64-65(63-72-66(69)60-57-54-15-12-9-6-3)74-68(71)62-59-56-53-51-49-47-44-23-21-19-17-14-11-8-5-2/h7,10,16,18,22,24,26-27,65H,4-6,8-9,11-15,17,19-21,23,25,28-64H2,1-3H3/b10-7-,18-16-,24-22-,27-26-. The van der Waals surface area contributed by atoms with E-state index in [1.54, 1.807) is 0 Å². The van der Waals surface area contributed by atoms with E-state index in [0.717, 1.165) is 83.5 Å². The number of hydrogen-bond acceptors (Lipinski definition) is 6. The Kier molecular flexibility index (Phi) is 60.7. The number of hydrogen-bond donors (Lipinski definition) is 0. The summed E-state index contributed by atoms with van der Waals surface area (Å²) in [4.78, 5) is 37.9. The fraction of sp³-hybridized carbons (Fsp3) is 0.838. The molecule has 6 nitrogen and oxygen atoms in total. The van der Waals surface area contributed by atoms with Gasteiger partial charge in [-0.1, -0.05) is 320 Å². The zero-order valence-electron chi connectivity index (χ0n) is 49.6. The third-order valence-corrected chi connectivity index (χ3v) is 14.6. The second-order valence-electron chi connectivity index (χ2n) is 22.0. The van der Waals surface area contributed by atoms with Crippen LogP contribution in [0, 0.1) is 0 Å². The van der Waals surface area contributed by atoms with Gasteiger partial charge >= 0.3 is 17.9 Å². The molecule has 6 heteroatoms. The molecular formula is C68H124O6. The van der Waals surface area contributed by atoms with Crippen LogP contribution in [0.15, 0.2) is 48.6 Å². The van der Waals surface area contributed by atoms with Crippen LogP contribution in [0.5, 0.6) is 0 Å². The first kappa shape index (κ1) is 71.4. The molecule has 74 heavy (non-hydrogen) atoms. The summed E-state index contributed by atoms with van der Waals surface area (Å²) in [6, 6.07) is 0. The smallest absolute Gasteiger partial charge is 0.306 e. The first-order chi connectivity index (χ1) is 36.5. The maximum atomic E-state index is 12.8. The van der Waals surface area contributed by atoms with Gasteiger partial charge in [-0.2, -0.15) is 0 Å². The predicted octanol–water partition coefficient (Wildman–Crippen LogP) is 22.2. The van der Waals surface area contributed by atoms with E-state index in [2.05, 4.69) is 69.4 Å². The van der Waals surface area contributed by atoms with Crippen molar-refractivity contribution >= 4 is 17.9 Å². The van der Waals surface area contributed by atoms with Gasteiger partial charge in [0.1, 0.15) is 13.2 Å². The molecule has 0 radical (unpaired) electrons. The Labute approximate surface area is 460 Å². The Morgan fingerprint density at radius 1 is 0.284 bits per heavy atom. The fourth-order valence-electron chi connectivity index (χ4n) is 9.73. The lowest BCUT2D eigenvalue weighted by Crippen LogP contribution is -2.30. The minimum Gasteiger partial charge on any atom is -0.462 e. The molecule has 0 aliphatic carbocycles. The summed E-state index contributed by atoms with van der Waals surface area (Å²) in [5.41, 5.74) is 0. The molecule has 0 aliphatic rings. The van der Waals surface area contributed by atoms with Crippen LogP contribution in [0.3, 0.4) is 0 Å². The molecular weight excluding hydrogens is 913 g/mol. The van der Waals surface area contributed by atoms with Gasteiger partial charge in [0.05, 0.1) is 0 Å². The zero-order valence-corrected chi connectivity index (χ0v) is 49.6. The molecule has 0 bridgehead atoms. The molecule has 0 rings (SSSR count). The Morgan fingerprint density at radius 2 is 0.527 bits per heavy atom. The van der Waals surface area contributed by atoms with Gasteiger partial charge in [0.15, 0.2) is 6.10 Å². The number of allylic oxidation sites excluding steroid dienone is 8. The maximum Gasteiger partial charge on any atom is 0.306 e. The van der Waals surface area contributed by atoms with Crippen LogP contribution >= 0.6 is 0 Å². The summed E-state index contributed by atoms with van der Waals surface area (Å²) < 4.78 is 16.8. The van der Waals surface area contributed by atoms with Gasteiger partial charge in [-0.25, -0.2) is 0 Å². The summed E-state index contributed by atoms with van der Waals surface area (Å²) in [5, 5.41) is 0. The average molecular weight is 1040 g/mol. The van der Waals surface area contributed by atoms with Gasteiger partial charge in [0.25, 0.3) is 0 Å². The second-order valence-corrected chi connectivity index (χ2v) is 22.0. The highest BCUT2D eigenvalue weighted by atomic mass is 16.6. The molecule has 0 fully saturated rings. The van der Waals surface area contributed by atoms with Crippen LogP contribution in [0.1, 0.15) is 348 Å². The lowest BCUT2D eigenvalue weighted by Gasteiger charge is -2.18. The van der Waals surface area contributed by atoms with Gasteiger partial charge in [-0.05, 0) is 57.8 Å². The number of ether oxygens (including phenoxy) is 3. The number of carbonyl (C=O) groups excluding carboxylic acids is 3. The molecule has 0 aromatic heterocycles. The molecule has 0 saturated carbocycles. The zero-order chi connectivity index (χ0) is 53.6. The normalized spacial score (nSPS) is 12.3. The van der Waals surface area contributed by atoms with Crippen molar-refractivity contribution in [3.8, 4) is 0 Å². The molecule has 1 atom stereocenters. The first-order valence-corrected chi connectivity index (χ1v) is 32.6. The molecule has 0 aromatic rings. The van der Waals surface area contributed by atoms with E-state index in [-0.39, 0.29) is 31.1 Å². The molecule has 0 amide bonds. The number of unbranched alkanes of at least 4 members (excludes halogenated alkanes) is 41. The van der Waals surface area contributed by atoms with E-state index < -0.39 is 6.10 Å². The van der Waals surface area contributed by atoms with Crippen molar-refractivity contribution in [2.75, 3.05) is 13.2 Å². The lowest BCUT2D eigenvalue weighted by atomic mass is 10.0. The second kappa shape index (κ2) is 62.9. The van der Waals surface area contributed by atoms with Crippen molar-refractivity contribution in [3.63, 3.8) is 0 Å². The number of esters is 3. The quantitative estimate of drug-likeness (QED) is 0.0261. The van der Waals surface area contributed by atoms with Gasteiger partial charge < -0.3 is 14.2 Å². The molecule has 0 saturated heterocycles. The highest BCUT2D eigenvalue weighted by Crippen LogP contribution is 2.18. The number of rotatable bonds is 60. The van der Waals surface area contributed by atoms with Gasteiger partial charge in [-0.15, -0.1) is 0 Å². The van der Waals surface area contributed by atoms with Crippen molar-refractivity contribution in [2.45, 2.75) is 354 Å². The summed E-state index contributed by atoms with van der Waals surface area (Å²) in [6.45, 7) is 6.52. The Balaban J connectivity index is 3.88. The van der Waals surface area contributed by atoms with Gasteiger partial charge in [0.2, 0.25) is 0 Å². The summed E-state index contributed by atoms with van der Waals surface area (Å²) in [6.07, 6.45) is 78.9. The molecule has 0 aromatic carbocycles. The third-order valence-electron chi connectivity index (χ3n) is 14.6.